The molecule has 27 heavy (non-hydrogen) atoms. The SMILES string of the molecule is COc1ccc(CNc2cc(Nc3ccccc3C(F)(F)F)ncn2)cc1. The lowest BCUT2D eigenvalue weighted by Crippen LogP contribution is -2.09. The maximum Gasteiger partial charge on any atom is 0.418 e. The van der Waals surface area contributed by atoms with Crippen LogP contribution in [0.4, 0.5) is 30.5 Å². The van der Waals surface area contributed by atoms with Crippen molar-refractivity contribution in [3.05, 3.63) is 72.1 Å². The second-order valence-corrected chi connectivity index (χ2v) is 5.66. The Labute approximate surface area is 154 Å². The van der Waals surface area contributed by atoms with Gasteiger partial charge in [0.15, 0.2) is 0 Å². The highest BCUT2D eigenvalue weighted by atomic mass is 19.4. The zero-order valence-corrected chi connectivity index (χ0v) is 14.4. The largest absolute Gasteiger partial charge is 0.497 e. The van der Waals surface area contributed by atoms with Gasteiger partial charge in [0.05, 0.1) is 18.4 Å². The minimum atomic E-state index is -4.45. The Balaban J connectivity index is 1.71. The molecular weight excluding hydrogens is 357 g/mol. The summed E-state index contributed by atoms with van der Waals surface area (Å²) in [5.74, 6) is 1.52. The van der Waals surface area contributed by atoms with Gasteiger partial charge in [-0.1, -0.05) is 24.3 Å². The first-order valence-corrected chi connectivity index (χ1v) is 8.08. The number of aromatic nitrogens is 2. The molecule has 5 nitrogen and oxygen atoms in total. The lowest BCUT2D eigenvalue weighted by molar-refractivity contribution is -0.136. The molecule has 0 bridgehead atoms. The Morgan fingerprint density at radius 1 is 0.963 bits per heavy atom. The van der Waals surface area contributed by atoms with Crippen LogP contribution in [0.1, 0.15) is 11.1 Å². The maximum absolute atomic E-state index is 13.1. The number of benzene rings is 2. The monoisotopic (exact) mass is 374 g/mol. The second kappa shape index (κ2) is 7.94. The summed E-state index contributed by atoms with van der Waals surface area (Å²) in [6.07, 6.45) is -3.17. The van der Waals surface area contributed by atoms with Gasteiger partial charge in [-0.3, -0.25) is 0 Å². The lowest BCUT2D eigenvalue weighted by Gasteiger charge is -2.14. The lowest BCUT2D eigenvalue weighted by atomic mass is 10.1. The van der Waals surface area contributed by atoms with Crippen LogP contribution in [-0.2, 0) is 12.7 Å². The van der Waals surface area contributed by atoms with E-state index >= 15 is 0 Å². The molecule has 0 radical (unpaired) electrons. The van der Waals surface area contributed by atoms with Crippen molar-refractivity contribution in [3.8, 4) is 5.75 Å². The summed E-state index contributed by atoms with van der Waals surface area (Å²) in [5, 5.41) is 5.82. The molecule has 0 spiro atoms. The number of hydrogen-bond donors (Lipinski definition) is 2. The molecule has 0 atom stereocenters. The van der Waals surface area contributed by atoms with E-state index in [2.05, 4.69) is 20.6 Å². The standard InChI is InChI=1S/C19H17F3N4O/c1-27-14-8-6-13(7-9-14)11-23-17-10-18(25-12-24-17)26-16-5-3-2-4-15(16)19(20,21)22/h2-10,12H,11H2,1H3,(H2,23,24,25,26). The van der Waals surface area contributed by atoms with Crippen LogP contribution in [0, 0.1) is 0 Å². The predicted molar refractivity (Wildman–Crippen MR) is 97.1 cm³/mol. The van der Waals surface area contributed by atoms with E-state index in [0.29, 0.717) is 12.4 Å². The van der Waals surface area contributed by atoms with Crippen LogP contribution in [0.2, 0.25) is 0 Å². The Bertz CT molecular complexity index is 898. The minimum Gasteiger partial charge on any atom is -0.497 e. The number of methoxy groups -OCH3 is 1. The van der Waals surface area contributed by atoms with Crippen molar-refractivity contribution in [2.75, 3.05) is 17.7 Å². The second-order valence-electron chi connectivity index (χ2n) is 5.66. The molecular formula is C19H17F3N4O. The van der Waals surface area contributed by atoms with E-state index in [9.17, 15) is 13.2 Å². The molecule has 3 rings (SSSR count). The molecule has 2 N–H and O–H groups in total. The summed E-state index contributed by atoms with van der Waals surface area (Å²) in [7, 11) is 1.60. The molecule has 0 amide bonds. The number of nitrogens with zero attached hydrogens (tertiary/aromatic N) is 2. The molecule has 1 aromatic heterocycles. The Morgan fingerprint density at radius 2 is 1.67 bits per heavy atom. The average Bonchev–Trinajstić information content (AvgIpc) is 2.67. The molecule has 0 aliphatic heterocycles. The summed E-state index contributed by atoms with van der Waals surface area (Å²) in [6.45, 7) is 0.500. The number of halogens is 3. The van der Waals surface area contributed by atoms with Gasteiger partial charge in [0, 0.05) is 12.6 Å². The molecule has 3 aromatic rings. The molecule has 1 heterocycles. The summed E-state index contributed by atoms with van der Waals surface area (Å²) in [6, 6.07) is 14.3. The van der Waals surface area contributed by atoms with E-state index in [1.54, 1.807) is 13.2 Å². The van der Waals surface area contributed by atoms with E-state index < -0.39 is 11.7 Å². The van der Waals surface area contributed by atoms with Gasteiger partial charge >= 0.3 is 6.18 Å². The van der Waals surface area contributed by atoms with Gasteiger partial charge in [0.25, 0.3) is 0 Å². The molecule has 140 valence electrons. The molecule has 2 aromatic carbocycles. The quantitative estimate of drug-likeness (QED) is 0.645. The zero-order chi connectivity index (χ0) is 19.3. The van der Waals surface area contributed by atoms with E-state index in [4.69, 9.17) is 4.74 Å². The van der Waals surface area contributed by atoms with Crippen molar-refractivity contribution in [1.29, 1.82) is 0 Å². The van der Waals surface area contributed by atoms with Gasteiger partial charge in [-0.05, 0) is 29.8 Å². The number of anilines is 3. The highest BCUT2D eigenvalue weighted by molar-refractivity contribution is 5.63. The normalized spacial score (nSPS) is 11.1. The first kappa shape index (κ1) is 18.5. The van der Waals surface area contributed by atoms with Crippen LogP contribution < -0.4 is 15.4 Å². The van der Waals surface area contributed by atoms with Crippen molar-refractivity contribution in [3.63, 3.8) is 0 Å². The molecule has 8 heteroatoms. The fourth-order valence-corrected chi connectivity index (χ4v) is 2.44. The fraction of sp³-hybridized carbons (Fsp3) is 0.158. The van der Waals surface area contributed by atoms with Crippen molar-refractivity contribution in [2.45, 2.75) is 12.7 Å². The highest BCUT2D eigenvalue weighted by Crippen LogP contribution is 2.35. The third kappa shape index (κ3) is 4.87. The van der Waals surface area contributed by atoms with Gasteiger partial charge in [-0.15, -0.1) is 0 Å². The number of nitrogens with one attached hydrogen (secondary N) is 2. The molecule has 0 aliphatic carbocycles. The van der Waals surface area contributed by atoms with Gasteiger partial charge in [0.2, 0.25) is 0 Å². The summed E-state index contributed by atoms with van der Waals surface area (Å²) >= 11 is 0. The van der Waals surface area contributed by atoms with Crippen molar-refractivity contribution < 1.29 is 17.9 Å². The van der Waals surface area contributed by atoms with Gasteiger partial charge in [-0.25, -0.2) is 9.97 Å². The molecule has 0 unspecified atom stereocenters. The Kier molecular flexibility index (Phi) is 5.44. The molecule has 0 saturated heterocycles. The molecule has 0 saturated carbocycles. The third-order valence-corrected chi connectivity index (χ3v) is 3.79. The van der Waals surface area contributed by atoms with Crippen LogP contribution in [-0.4, -0.2) is 17.1 Å². The number of alkyl halides is 3. The minimum absolute atomic E-state index is 0.0650. The van der Waals surface area contributed by atoms with E-state index in [-0.39, 0.29) is 11.5 Å². The Hall–Kier alpha value is -3.29. The topological polar surface area (TPSA) is 59.1 Å². The molecule has 0 fully saturated rings. The van der Waals surface area contributed by atoms with Crippen LogP contribution >= 0.6 is 0 Å². The first-order valence-electron chi connectivity index (χ1n) is 8.08. The summed E-state index contributed by atoms with van der Waals surface area (Å²) < 4.78 is 44.4. The number of rotatable bonds is 6. The van der Waals surface area contributed by atoms with E-state index in [1.165, 1.54) is 24.5 Å². The predicted octanol–water partition coefficient (Wildman–Crippen LogP) is 4.86. The van der Waals surface area contributed by atoms with Crippen molar-refractivity contribution in [1.82, 2.24) is 9.97 Å². The van der Waals surface area contributed by atoms with Crippen LogP contribution in [0.3, 0.4) is 0 Å². The maximum atomic E-state index is 13.1. The van der Waals surface area contributed by atoms with Crippen molar-refractivity contribution in [2.24, 2.45) is 0 Å². The van der Waals surface area contributed by atoms with Crippen LogP contribution in [0.5, 0.6) is 5.75 Å². The average molecular weight is 374 g/mol. The number of para-hydroxylation sites is 1. The smallest absolute Gasteiger partial charge is 0.418 e. The first-order chi connectivity index (χ1) is 13.0. The van der Waals surface area contributed by atoms with Crippen molar-refractivity contribution >= 4 is 17.3 Å². The van der Waals surface area contributed by atoms with Gasteiger partial charge in [0.1, 0.15) is 23.7 Å². The zero-order valence-electron chi connectivity index (χ0n) is 14.4. The third-order valence-electron chi connectivity index (χ3n) is 3.79. The highest BCUT2D eigenvalue weighted by Gasteiger charge is 2.33. The Morgan fingerprint density at radius 3 is 2.37 bits per heavy atom. The fourth-order valence-electron chi connectivity index (χ4n) is 2.44. The van der Waals surface area contributed by atoms with Crippen LogP contribution in [0.15, 0.2) is 60.9 Å². The van der Waals surface area contributed by atoms with Gasteiger partial charge < -0.3 is 15.4 Å². The summed E-state index contributed by atoms with van der Waals surface area (Å²) in [4.78, 5) is 8.08. The van der Waals surface area contributed by atoms with E-state index in [0.717, 1.165) is 17.4 Å². The number of ether oxygens (including phenoxy) is 1. The van der Waals surface area contributed by atoms with Crippen LogP contribution in [0.25, 0.3) is 0 Å². The molecule has 0 aliphatic rings. The number of hydrogen-bond acceptors (Lipinski definition) is 5. The van der Waals surface area contributed by atoms with E-state index in [1.807, 2.05) is 24.3 Å². The summed E-state index contributed by atoms with van der Waals surface area (Å²) in [5.41, 5.74) is 0.187. The van der Waals surface area contributed by atoms with Gasteiger partial charge in [-0.2, -0.15) is 13.2 Å².